The van der Waals surface area contributed by atoms with E-state index in [1.807, 2.05) is 0 Å². The number of fused-ring (bicyclic) bond motifs is 1. The van der Waals surface area contributed by atoms with Crippen molar-refractivity contribution in [3.63, 3.8) is 0 Å². The predicted octanol–water partition coefficient (Wildman–Crippen LogP) is 0.685. The van der Waals surface area contributed by atoms with Crippen molar-refractivity contribution in [2.75, 3.05) is 39.8 Å². The molecule has 3 N–H and O–H groups in total. The summed E-state index contributed by atoms with van der Waals surface area (Å²) in [6.45, 7) is 4.93. The first-order valence-electron chi connectivity index (χ1n) is 13.4. The van der Waals surface area contributed by atoms with E-state index < -0.39 is 10.2 Å². The van der Waals surface area contributed by atoms with Crippen molar-refractivity contribution in [2.45, 2.75) is 74.4 Å². The second-order valence-corrected chi connectivity index (χ2v) is 14.4. The van der Waals surface area contributed by atoms with Gasteiger partial charge in [0.1, 0.15) is 5.50 Å². The molecule has 0 spiro atoms. The van der Waals surface area contributed by atoms with Gasteiger partial charge in [-0.25, -0.2) is 0 Å². The SMILES string of the molecule is COC1CCC(C#N)CC1C1CC(C)NCC1C(=O)NC1NC2CN(S(=O)(=O)N3CCCC3)CC2S1. The highest BCUT2D eigenvalue weighted by Gasteiger charge is 2.48. The Morgan fingerprint density at radius 1 is 1.14 bits per heavy atom. The molecule has 4 saturated heterocycles. The Labute approximate surface area is 219 Å². The number of carbonyl (C=O) groups excluding carboxylic acids is 1. The largest absolute Gasteiger partial charge is 0.381 e. The van der Waals surface area contributed by atoms with Gasteiger partial charge in [-0.3, -0.25) is 10.1 Å². The van der Waals surface area contributed by atoms with E-state index in [-0.39, 0.29) is 52.5 Å². The molecule has 4 heterocycles. The van der Waals surface area contributed by atoms with Crippen molar-refractivity contribution in [2.24, 2.45) is 23.7 Å². The van der Waals surface area contributed by atoms with Crippen LogP contribution in [0.2, 0.25) is 0 Å². The zero-order valence-electron chi connectivity index (χ0n) is 21.3. The Balaban J connectivity index is 1.20. The molecule has 9 atom stereocenters. The van der Waals surface area contributed by atoms with Crippen LogP contribution in [0.25, 0.3) is 0 Å². The first-order valence-corrected chi connectivity index (χ1v) is 15.8. The molecule has 5 aliphatic rings. The van der Waals surface area contributed by atoms with Crippen molar-refractivity contribution >= 4 is 27.9 Å². The Bertz CT molecular complexity index is 941. The lowest BCUT2D eigenvalue weighted by Crippen LogP contribution is -2.55. The third-order valence-electron chi connectivity index (χ3n) is 8.93. The van der Waals surface area contributed by atoms with Crippen molar-refractivity contribution in [1.82, 2.24) is 24.6 Å². The fraction of sp³-hybridized carbons (Fsp3) is 0.917. The maximum Gasteiger partial charge on any atom is 0.282 e. The van der Waals surface area contributed by atoms with Crippen LogP contribution in [0, 0.1) is 35.0 Å². The standard InChI is InChI=1S/C24H40N6O4S2/c1-15-9-17(18-10-16(11-25)5-6-21(18)34-2)19(12-26-15)23(31)28-24-27-20-13-30(14-22(20)35-24)36(32,33)29-7-3-4-8-29/h15-22,24,26-27H,3-10,12-14H2,1-2H3,(H,28,31). The topological polar surface area (TPSA) is 127 Å². The molecule has 0 radical (unpaired) electrons. The molecule has 1 saturated carbocycles. The van der Waals surface area contributed by atoms with Gasteiger partial charge in [-0.2, -0.15) is 22.3 Å². The minimum Gasteiger partial charge on any atom is -0.381 e. The lowest BCUT2D eigenvalue weighted by molar-refractivity contribution is -0.131. The summed E-state index contributed by atoms with van der Waals surface area (Å²) in [6, 6.07) is 2.80. The van der Waals surface area contributed by atoms with Crippen LogP contribution in [-0.2, 0) is 19.7 Å². The molecule has 9 unspecified atom stereocenters. The number of thioether (sulfide) groups is 1. The highest BCUT2D eigenvalue weighted by molar-refractivity contribution is 8.00. The third kappa shape index (κ3) is 5.30. The monoisotopic (exact) mass is 540 g/mol. The van der Waals surface area contributed by atoms with Gasteiger partial charge >= 0.3 is 0 Å². The summed E-state index contributed by atoms with van der Waals surface area (Å²) >= 11 is 1.63. The van der Waals surface area contributed by atoms with Crippen molar-refractivity contribution < 1.29 is 17.9 Å². The Morgan fingerprint density at radius 3 is 2.61 bits per heavy atom. The number of hydrogen-bond donors (Lipinski definition) is 3. The summed E-state index contributed by atoms with van der Waals surface area (Å²) in [4.78, 5) is 13.6. The van der Waals surface area contributed by atoms with E-state index in [4.69, 9.17) is 4.74 Å². The number of methoxy groups -OCH3 is 1. The van der Waals surface area contributed by atoms with Crippen LogP contribution in [-0.4, -0.2) is 91.7 Å². The molecule has 0 aromatic heterocycles. The highest BCUT2D eigenvalue weighted by atomic mass is 32.2. The lowest BCUT2D eigenvalue weighted by atomic mass is 9.66. The predicted molar refractivity (Wildman–Crippen MR) is 138 cm³/mol. The van der Waals surface area contributed by atoms with Gasteiger partial charge in [-0.15, -0.1) is 11.8 Å². The molecular weight excluding hydrogens is 500 g/mol. The van der Waals surface area contributed by atoms with E-state index in [1.165, 1.54) is 0 Å². The van der Waals surface area contributed by atoms with E-state index in [0.29, 0.717) is 38.8 Å². The normalized spacial score (nSPS) is 42.2. The molecule has 12 heteroatoms. The maximum absolute atomic E-state index is 13.6. The fourth-order valence-electron chi connectivity index (χ4n) is 6.96. The summed E-state index contributed by atoms with van der Waals surface area (Å²) in [5.41, 5.74) is -0.222. The molecule has 0 aromatic carbocycles. The summed E-state index contributed by atoms with van der Waals surface area (Å²) in [6.07, 6.45) is 5.35. The molecule has 5 rings (SSSR count). The van der Waals surface area contributed by atoms with Crippen molar-refractivity contribution in [3.8, 4) is 6.07 Å². The van der Waals surface area contributed by atoms with Crippen LogP contribution in [0.3, 0.4) is 0 Å². The molecule has 10 nitrogen and oxygen atoms in total. The zero-order valence-corrected chi connectivity index (χ0v) is 22.9. The van der Waals surface area contributed by atoms with Gasteiger partial charge in [-0.1, -0.05) is 0 Å². The average Bonchev–Trinajstić information content (AvgIpc) is 3.61. The van der Waals surface area contributed by atoms with Crippen molar-refractivity contribution in [3.05, 3.63) is 0 Å². The summed E-state index contributed by atoms with van der Waals surface area (Å²) in [5, 5.41) is 19.9. The van der Waals surface area contributed by atoms with E-state index in [0.717, 1.165) is 38.5 Å². The van der Waals surface area contributed by atoms with Crippen LogP contribution in [0.5, 0.6) is 0 Å². The fourth-order valence-corrected chi connectivity index (χ4v) is 10.2. The van der Waals surface area contributed by atoms with Gasteiger partial charge in [0, 0.05) is 63.1 Å². The Morgan fingerprint density at radius 2 is 1.92 bits per heavy atom. The molecule has 1 aliphatic carbocycles. The molecule has 5 fully saturated rings. The highest BCUT2D eigenvalue weighted by Crippen LogP contribution is 2.42. The number of carbonyl (C=O) groups is 1. The van der Waals surface area contributed by atoms with Gasteiger partial charge in [0.2, 0.25) is 5.91 Å². The number of rotatable bonds is 6. The van der Waals surface area contributed by atoms with E-state index in [9.17, 15) is 18.5 Å². The molecule has 0 aromatic rings. The lowest BCUT2D eigenvalue weighted by Gasteiger charge is -2.44. The number of nitriles is 1. The molecule has 202 valence electrons. The van der Waals surface area contributed by atoms with Crippen molar-refractivity contribution in [1.29, 1.82) is 5.26 Å². The minimum absolute atomic E-state index is 0.0276. The van der Waals surface area contributed by atoms with Crippen LogP contribution in [0.1, 0.15) is 45.4 Å². The number of nitrogens with one attached hydrogen (secondary N) is 3. The number of nitrogens with zero attached hydrogens (tertiary/aromatic N) is 3. The molecule has 1 amide bonds. The second-order valence-electron chi connectivity index (χ2n) is 11.2. The van der Waals surface area contributed by atoms with Gasteiger partial charge in [-0.05, 0) is 57.3 Å². The van der Waals surface area contributed by atoms with Crippen LogP contribution in [0.4, 0.5) is 0 Å². The maximum atomic E-state index is 13.6. The summed E-state index contributed by atoms with van der Waals surface area (Å²) in [5.74, 6) is 0.230. The number of hydrogen-bond acceptors (Lipinski definition) is 8. The Kier molecular flexibility index (Phi) is 8.18. The number of ether oxygens (including phenoxy) is 1. The van der Waals surface area contributed by atoms with E-state index in [1.54, 1.807) is 27.5 Å². The van der Waals surface area contributed by atoms with Crippen LogP contribution in [0.15, 0.2) is 0 Å². The number of piperidine rings is 1. The smallest absolute Gasteiger partial charge is 0.282 e. The summed E-state index contributed by atoms with van der Waals surface area (Å²) < 4.78 is 34.9. The molecule has 36 heavy (non-hydrogen) atoms. The van der Waals surface area contributed by atoms with Gasteiger partial charge in [0.15, 0.2) is 0 Å². The number of amides is 1. The summed E-state index contributed by atoms with van der Waals surface area (Å²) in [7, 11) is -1.65. The van der Waals surface area contributed by atoms with Crippen LogP contribution >= 0.6 is 11.8 Å². The minimum atomic E-state index is -3.39. The quantitative estimate of drug-likeness (QED) is 0.449. The Hall–Kier alpha value is -0.940. The molecule has 4 aliphatic heterocycles. The van der Waals surface area contributed by atoms with Crippen LogP contribution < -0.4 is 16.0 Å². The van der Waals surface area contributed by atoms with Gasteiger partial charge < -0.3 is 15.4 Å². The van der Waals surface area contributed by atoms with Gasteiger partial charge in [0.05, 0.1) is 18.1 Å². The average molecular weight is 541 g/mol. The van der Waals surface area contributed by atoms with E-state index in [2.05, 4.69) is 28.9 Å². The first-order chi connectivity index (χ1) is 17.3. The molecule has 0 bridgehead atoms. The third-order valence-corrected chi connectivity index (χ3v) is 12.3. The first kappa shape index (κ1) is 26.7. The zero-order chi connectivity index (χ0) is 25.4. The second kappa shape index (κ2) is 11.0. The molecular formula is C24H40N6O4S2. The van der Waals surface area contributed by atoms with Gasteiger partial charge in [0.25, 0.3) is 10.2 Å². The van der Waals surface area contributed by atoms with E-state index >= 15 is 0 Å².